The molecule has 1 aromatic rings. The third-order valence-corrected chi connectivity index (χ3v) is 3.14. The maximum Gasteiger partial charge on any atom is 0.254 e. The molecule has 1 aliphatic heterocycles. The van der Waals surface area contributed by atoms with Crippen molar-refractivity contribution in [2.45, 2.75) is 18.9 Å². The predicted octanol–water partition coefficient (Wildman–Crippen LogP) is 0.623. The van der Waals surface area contributed by atoms with Gasteiger partial charge in [0.05, 0.1) is 5.69 Å². The zero-order valence-corrected chi connectivity index (χ0v) is 11.0. The Balaban J connectivity index is 2.22. The fourth-order valence-electron chi connectivity index (χ4n) is 2.02. The van der Waals surface area contributed by atoms with Crippen LogP contribution in [-0.2, 0) is 20.7 Å². The van der Waals surface area contributed by atoms with Crippen LogP contribution in [0.25, 0.3) is 0 Å². The molecule has 108 valence electrons. The highest BCUT2D eigenvalue weighted by atomic mass is 19.1. The lowest BCUT2D eigenvalue weighted by Crippen LogP contribution is -2.36. The van der Waals surface area contributed by atoms with E-state index < -0.39 is 17.8 Å². The number of aryl methyl sites for hydroxylation is 1. The summed E-state index contributed by atoms with van der Waals surface area (Å²) in [6.45, 7) is -0.00830. The molecule has 20 heavy (non-hydrogen) atoms. The van der Waals surface area contributed by atoms with E-state index >= 15 is 0 Å². The standard InChI is InChI=1S/C13H16FN3O3/c1-20-11(6-15)13(19)17-10-5-9-7(4-8(10)14)2-3-12(18)16-9/h4-5,11H,2-3,6,15H2,1H3,(H,16,18)(H,17,19). The van der Waals surface area contributed by atoms with E-state index in [2.05, 4.69) is 10.6 Å². The van der Waals surface area contributed by atoms with Crippen LogP contribution in [0.2, 0.25) is 0 Å². The summed E-state index contributed by atoms with van der Waals surface area (Å²) < 4.78 is 18.8. The summed E-state index contributed by atoms with van der Waals surface area (Å²) in [4.78, 5) is 23.1. The van der Waals surface area contributed by atoms with Gasteiger partial charge in [-0.15, -0.1) is 0 Å². The molecule has 1 aromatic carbocycles. The molecule has 0 radical (unpaired) electrons. The van der Waals surface area contributed by atoms with Crippen LogP contribution in [-0.4, -0.2) is 31.6 Å². The summed E-state index contributed by atoms with van der Waals surface area (Å²) in [5, 5.41) is 5.05. The summed E-state index contributed by atoms with van der Waals surface area (Å²) in [7, 11) is 1.35. The summed E-state index contributed by atoms with van der Waals surface area (Å²) in [5.74, 6) is -1.21. The fourth-order valence-corrected chi connectivity index (χ4v) is 2.02. The van der Waals surface area contributed by atoms with Gasteiger partial charge in [0.2, 0.25) is 5.91 Å². The Morgan fingerprint density at radius 3 is 2.95 bits per heavy atom. The number of nitrogens with one attached hydrogen (secondary N) is 2. The van der Waals surface area contributed by atoms with Gasteiger partial charge in [-0.2, -0.15) is 0 Å². The largest absolute Gasteiger partial charge is 0.370 e. The maximum atomic E-state index is 13.9. The predicted molar refractivity (Wildman–Crippen MR) is 71.8 cm³/mol. The number of amides is 2. The van der Waals surface area contributed by atoms with E-state index in [-0.39, 0.29) is 18.1 Å². The van der Waals surface area contributed by atoms with Crippen molar-refractivity contribution in [2.75, 3.05) is 24.3 Å². The SMILES string of the molecule is COC(CN)C(=O)Nc1cc2c(cc1F)CCC(=O)N2. The third-order valence-electron chi connectivity index (χ3n) is 3.14. The van der Waals surface area contributed by atoms with Crippen molar-refractivity contribution in [3.8, 4) is 0 Å². The molecule has 2 rings (SSSR count). The van der Waals surface area contributed by atoms with E-state index in [4.69, 9.17) is 10.5 Å². The van der Waals surface area contributed by atoms with Crippen LogP contribution in [0, 0.1) is 5.82 Å². The van der Waals surface area contributed by atoms with Crippen molar-refractivity contribution in [3.05, 3.63) is 23.5 Å². The van der Waals surface area contributed by atoms with Crippen LogP contribution in [0.15, 0.2) is 12.1 Å². The molecule has 1 aliphatic rings. The molecule has 0 spiro atoms. The number of rotatable bonds is 4. The normalized spacial score (nSPS) is 15.2. The number of carbonyl (C=O) groups is 2. The molecule has 1 heterocycles. The van der Waals surface area contributed by atoms with Gasteiger partial charge in [0, 0.05) is 25.8 Å². The Hall–Kier alpha value is -1.99. The molecule has 1 atom stereocenters. The Morgan fingerprint density at radius 2 is 2.30 bits per heavy atom. The number of ether oxygens (including phenoxy) is 1. The number of hydrogen-bond acceptors (Lipinski definition) is 4. The number of benzene rings is 1. The van der Waals surface area contributed by atoms with Crippen molar-refractivity contribution < 1.29 is 18.7 Å². The quantitative estimate of drug-likeness (QED) is 0.754. The average Bonchev–Trinajstić information content (AvgIpc) is 2.41. The van der Waals surface area contributed by atoms with E-state index in [0.29, 0.717) is 24.1 Å². The first-order valence-electron chi connectivity index (χ1n) is 6.21. The van der Waals surface area contributed by atoms with Crippen molar-refractivity contribution >= 4 is 23.2 Å². The van der Waals surface area contributed by atoms with E-state index in [9.17, 15) is 14.0 Å². The van der Waals surface area contributed by atoms with Crippen molar-refractivity contribution in [3.63, 3.8) is 0 Å². The van der Waals surface area contributed by atoms with Gasteiger partial charge < -0.3 is 21.1 Å². The molecule has 0 saturated heterocycles. The first-order chi connectivity index (χ1) is 9.55. The molecule has 0 aliphatic carbocycles. The number of halogens is 1. The second kappa shape index (κ2) is 5.98. The topological polar surface area (TPSA) is 93.4 Å². The minimum atomic E-state index is -0.847. The third kappa shape index (κ3) is 2.94. The summed E-state index contributed by atoms with van der Waals surface area (Å²) in [6.07, 6.45) is -0.0348. The van der Waals surface area contributed by atoms with Crippen LogP contribution < -0.4 is 16.4 Å². The van der Waals surface area contributed by atoms with Crippen LogP contribution in [0.4, 0.5) is 15.8 Å². The molecule has 7 heteroatoms. The van der Waals surface area contributed by atoms with Gasteiger partial charge >= 0.3 is 0 Å². The number of methoxy groups -OCH3 is 1. The van der Waals surface area contributed by atoms with Crippen molar-refractivity contribution in [1.29, 1.82) is 0 Å². The minimum Gasteiger partial charge on any atom is -0.370 e. The van der Waals surface area contributed by atoms with E-state index in [0.717, 1.165) is 0 Å². The molecular weight excluding hydrogens is 265 g/mol. The van der Waals surface area contributed by atoms with Crippen LogP contribution in [0.3, 0.4) is 0 Å². The van der Waals surface area contributed by atoms with Gasteiger partial charge in [-0.3, -0.25) is 9.59 Å². The highest BCUT2D eigenvalue weighted by Gasteiger charge is 2.21. The zero-order chi connectivity index (χ0) is 14.7. The monoisotopic (exact) mass is 281 g/mol. The van der Waals surface area contributed by atoms with Gasteiger partial charge in [-0.1, -0.05) is 0 Å². The maximum absolute atomic E-state index is 13.9. The number of hydrogen-bond donors (Lipinski definition) is 3. The van der Waals surface area contributed by atoms with E-state index in [1.54, 1.807) is 0 Å². The molecule has 2 amide bonds. The lowest BCUT2D eigenvalue weighted by atomic mass is 10.0. The average molecular weight is 281 g/mol. The smallest absolute Gasteiger partial charge is 0.254 e. The highest BCUT2D eigenvalue weighted by molar-refractivity contribution is 5.97. The Labute approximate surface area is 115 Å². The van der Waals surface area contributed by atoms with Gasteiger partial charge in [-0.05, 0) is 24.1 Å². The second-order valence-electron chi connectivity index (χ2n) is 4.49. The molecule has 4 N–H and O–H groups in total. The van der Waals surface area contributed by atoms with Gasteiger partial charge in [0.15, 0.2) is 0 Å². The Morgan fingerprint density at radius 1 is 1.55 bits per heavy atom. The molecular formula is C13H16FN3O3. The number of anilines is 2. The summed E-state index contributed by atoms with van der Waals surface area (Å²) in [6, 6.07) is 2.72. The second-order valence-corrected chi connectivity index (χ2v) is 4.49. The summed E-state index contributed by atoms with van der Waals surface area (Å²) >= 11 is 0. The number of carbonyl (C=O) groups excluding carboxylic acids is 2. The molecule has 0 saturated carbocycles. The summed E-state index contributed by atoms with van der Waals surface area (Å²) in [5.41, 5.74) is 6.58. The molecule has 1 unspecified atom stereocenters. The number of fused-ring (bicyclic) bond motifs is 1. The first-order valence-corrected chi connectivity index (χ1v) is 6.21. The molecule has 6 nitrogen and oxygen atoms in total. The number of nitrogens with two attached hydrogens (primary N) is 1. The van der Waals surface area contributed by atoms with Gasteiger partial charge in [-0.25, -0.2) is 4.39 Å². The lowest BCUT2D eigenvalue weighted by Gasteiger charge is -2.19. The molecule has 0 bridgehead atoms. The van der Waals surface area contributed by atoms with Crippen LogP contribution in [0.5, 0.6) is 0 Å². The zero-order valence-electron chi connectivity index (χ0n) is 11.0. The molecule has 0 fully saturated rings. The molecule has 0 aromatic heterocycles. The van der Waals surface area contributed by atoms with Gasteiger partial charge in [0.25, 0.3) is 5.91 Å². The van der Waals surface area contributed by atoms with Gasteiger partial charge in [0.1, 0.15) is 11.9 Å². The van der Waals surface area contributed by atoms with E-state index in [1.807, 2.05) is 0 Å². The first kappa shape index (κ1) is 14.4. The highest BCUT2D eigenvalue weighted by Crippen LogP contribution is 2.28. The van der Waals surface area contributed by atoms with Crippen molar-refractivity contribution in [2.24, 2.45) is 5.73 Å². The van der Waals surface area contributed by atoms with Crippen LogP contribution >= 0.6 is 0 Å². The van der Waals surface area contributed by atoms with E-state index in [1.165, 1.54) is 19.2 Å². The Kier molecular flexibility index (Phi) is 4.31. The fraction of sp³-hybridized carbons (Fsp3) is 0.385. The van der Waals surface area contributed by atoms with Crippen molar-refractivity contribution in [1.82, 2.24) is 0 Å². The lowest BCUT2D eigenvalue weighted by molar-refractivity contribution is -0.125. The minimum absolute atomic E-state index is 0.00792. The Bertz CT molecular complexity index is 544. The van der Waals surface area contributed by atoms with Crippen LogP contribution in [0.1, 0.15) is 12.0 Å².